The molecule has 0 N–H and O–H groups in total. The largest absolute Gasteiger partial charge is 0.416 e. The predicted molar refractivity (Wildman–Crippen MR) is 115 cm³/mol. The molecular weight excluding hydrogens is 445 g/mol. The van der Waals surface area contributed by atoms with Crippen molar-refractivity contribution < 1.29 is 13.2 Å². The van der Waals surface area contributed by atoms with Crippen LogP contribution in [-0.4, -0.2) is 18.9 Å². The molecule has 2 aromatic heterocycles. The van der Waals surface area contributed by atoms with Crippen LogP contribution in [0.2, 0.25) is 5.02 Å². The molecule has 0 atom stereocenters. The number of aromatic nitrogens is 4. The summed E-state index contributed by atoms with van der Waals surface area (Å²) in [4.78, 5) is 26.0. The molecule has 10 heteroatoms. The molecular formula is C22H16ClF3N4O2. The van der Waals surface area contributed by atoms with Crippen molar-refractivity contribution in [2.24, 2.45) is 7.05 Å². The van der Waals surface area contributed by atoms with E-state index in [0.29, 0.717) is 16.4 Å². The van der Waals surface area contributed by atoms with Gasteiger partial charge in [0, 0.05) is 12.7 Å². The van der Waals surface area contributed by atoms with Crippen LogP contribution in [0.25, 0.3) is 22.6 Å². The first-order valence-electron chi connectivity index (χ1n) is 9.41. The van der Waals surface area contributed by atoms with E-state index < -0.39 is 23.0 Å². The van der Waals surface area contributed by atoms with E-state index in [1.165, 1.54) is 37.0 Å². The molecule has 0 bridgehead atoms. The number of alkyl halides is 3. The second-order valence-corrected chi connectivity index (χ2v) is 7.48. The first-order valence-corrected chi connectivity index (χ1v) is 9.78. The molecule has 0 aliphatic rings. The molecule has 0 amide bonds. The van der Waals surface area contributed by atoms with Crippen molar-refractivity contribution in [3.63, 3.8) is 0 Å². The third-order valence-electron chi connectivity index (χ3n) is 5.11. The van der Waals surface area contributed by atoms with Crippen molar-refractivity contribution >= 4 is 11.6 Å². The van der Waals surface area contributed by atoms with Crippen molar-refractivity contribution in [1.29, 1.82) is 0 Å². The van der Waals surface area contributed by atoms with Crippen molar-refractivity contribution in [2.75, 3.05) is 0 Å². The van der Waals surface area contributed by atoms with Gasteiger partial charge < -0.3 is 0 Å². The average molecular weight is 461 g/mol. The first-order chi connectivity index (χ1) is 15.1. The third-order valence-corrected chi connectivity index (χ3v) is 5.42. The Hall–Kier alpha value is -3.59. The monoisotopic (exact) mass is 460 g/mol. The number of nitrogens with zero attached hydrogens (tertiary/aromatic N) is 4. The van der Waals surface area contributed by atoms with E-state index in [0.717, 1.165) is 21.3 Å². The van der Waals surface area contributed by atoms with Crippen LogP contribution in [0.4, 0.5) is 13.2 Å². The van der Waals surface area contributed by atoms with Gasteiger partial charge in [-0.1, -0.05) is 29.8 Å². The lowest BCUT2D eigenvalue weighted by Crippen LogP contribution is -2.40. The van der Waals surface area contributed by atoms with Crippen molar-refractivity contribution in [1.82, 2.24) is 18.9 Å². The molecule has 0 aliphatic heterocycles. The van der Waals surface area contributed by atoms with E-state index in [1.807, 2.05) is 0 Å². The second-order valence-electron chi connectivity index (χ2n) is 7.07. The quantitative estimate of drug-likeness (QED) is 0.456. The molecule has 0 unspecified atom stereocenters. The predicted octanol–water partition coefficient (Wildman–Crippen LogP) is 4.37. The van der Waals surface area contributed by atoms with E-state index in [9.17, 15) is 22.8 Å². The normalized spacial score (nSPS) is 11.7. The molecule has 32 heavy (non-hydrogen) atoms. The molecule has 0 saturated heterocycles. The molecule has 164 valence electrons. The third kappa shape index (κ3) is 3.54. The van der Waals surface area contributed by atoms with Crippen molar-refractivity contribution in [2.45, 2.75) is 13.1 Å². The van der Waals surface area contributed by atoms with Gasteiger partial charge in [-0.15, -0.1) is 0 Å². The Balaban J connectivity index is 2.02. The summed E-state index contributed by atoms with van der Waals surface area (Å²) in [5.41, 5.74) is -1.15. The molecule has 2 aromatic carbocycles. The second kappa shape index (κ2) is 7.83. The summed E-state index contributed by atoms with van der Waals surface area (Å²) in [5, 5.41) is 4.64. The highest BCUT2D eigenvalue weighted by atomic mass is 35.5. The van der Waals surface area contributed by atoms with Crippen LogP contribution in [0.15, 0.2) is 70.4 Å². The Kier molecular flexibility index (Phi) is 5.29. The summed E-state index contributed by atoms with van der Waals surface area (Å²) in [5.74, 6) is 0. The van der Waals surface area contributed by atoms with Gasteiger partial charge >= 0.3 is 11.9 Å². The number of benzene rings is 2. The van der Waals surface area contributed by atoms with Crippen LogP contribution in [0.1, 0.15) is 11.3 Å². The van der Waals surface area contributed by atoms with Gasteiger partial charge in [0.25, 0.3) is 5.56 Å². The van der Waals surface area contributed by atoms with Crippen LogP contribution in [-0.2, 0) is 13.2 Å². The molecule has 0 saturated carbocycles. The molecule has 0 spiro atoms. The highest BCUT2D eigenvalue weighted by Crippen LogP contribution is 2.31. The fourth-order valence-corrected chi connectivity index (χ4v) is 3.76. The Labute approximate surface area is 184 Å². The molecule has 0 fully saturated rings. The maximum absolute atomic E-state index is 13.2. The van der Waals surface area contributed by atoms with E-state index in [2.05, 4.69) is 5.10 Å². The zero-order chi connectivity index (χ0) is 23.2. The SMILES string of the molecule is Cc1c(-c2ccnn2-c2ccccc2Cl)c(=O)n(C)c(=O)n1-c1cccc(C(F)(F)F)c1. The Bertz CT molecular complexity index is 1450. The van der Waals surface area contributed by atoms with Crippen LogP contribution >= 0.6 is 11.6 Å². The minimum atomic E-state index is -4.58. The van der Waals surface area contributed by atoms with Crippen molar-refractivity contribution in [3.05, 3.63) is 97.9 Å². The van der Waals surface area contributed by atoms with Gasteiger partial charge in [-0.2, -0.15) is 18.3 Å². The fourth-order valence-electron chi connectivity index (χ4n) is 3.54. The number of hydrogen-bond donors (Lipinski definition) is 0. The molecule has 4 aromatic rings. The highest BCUT2D eigenvalue weighted by molar-refractivity contribution is 6.32. The topological polar surface area (TPSA) is 61.8 Å². The lowest BCUT2D eigenvalue weighted by atomic mass is 10.1. The van der Waals surface area contributed by atoms with Crippen LogP contribution in [0.3, 0.4) is 0 Å². The van der Waals surface area contributed by atoms with Gasteiger partial charge in [0.15, 0.2) is 0 Å². The first kappa shape index (κ1) is 21.6. The lowest BCUT2D eigenvalue weighted by Gasteiger charge is -2.18. The molecule has 0 radical (unpaired) electrons. The average Bonchev–Trinajstić information content (AvgIpc) is 3.21. The number of rotatable bonds is 3. The summed E-state index contributed by atoms with van der Waals surface area (Å²) < 4.78 is 43.1. The van der Waals surface area contributed by atoms with E-state index >= 15 is 0 Å². The minimum Gasteiger partial charge on any atom is -0.268 e. The van der Waals surface area contributed by atoms with Gasteiger partial charge in [0.2, 0.25) is 0 Å². The standard InChI is InChI=1S/C22H16ClF3N4O2/c1-13-19(18-10-11-27-30(18)17-9-4-3-8-16(17)23)20(31)28(2)21(32)29(13)15-7-5-6-14(12-15)22(24,25)26/h3-12H,1-2H3. The van der Waals surface area contributed by atoms with Crippen molar-refractivity contribution in [3.8, 4) is 22.6 Å². The summed E-state index contributed by atoms with van der Waals surface area (Å²) >= 11 is 6.29. The van der Waals surface area contributed by atoms with Gasteiger partial charge in [-0.05, 0) is 43.3 Å². The van der Waals surface area contributed by atoms with Gasteiger partial charge in [-0.3, -0.25) is 13.9 Å². The van der Waals surface area contributed by atoms with Crippen LogP contribution < -0.4 is 11.2 Å². The number of hydrogen-bond acceptors (Lipinski definition) is 3. The minimum absolute atomic E-state index is 0.0111. The van der Waals surface area contributed by atoms with Gasteiger partial charge in [0.05, 0.1) is 39.4 Å². The van der Waals surface area contributed by atoms with E-state index in [4.69, 9.17) is 11.6 Å². The Morgan fingerprint density at radius 3 is 2.41 bits per heavy atom. The van der Waals surface area contributed by atoms with E-state index in [1.54, 1.807) is 30.3 Å². The maximum Gasteiger partial charge on any atom is 0.416 e. The zero-order valence-electron chi connectivity index (χ0n) is 16.9. The molecule has 6 nitrogen and oxygen atoms in total. The highest BCUT2D eigenvalue weighted by Gasteiger charge is 2.31. The van der Waals surface area contributed by atoms with E-state index in [-0.39, 0.29) is 16.9 Å². The summed E-state index contributed by atoms with van der Waals surface area (Å²) in [6.45, 7) is 1.50. The number of halogens is 4. The van der Waals surface area contributed by atoms with Gasteiger partial charge in [-0.25, -0.2) is 9.48 Å². The molecule has 4 rings (SSSR count). The number of para-hydroxylation sites is 1. The fraction of sp³-hybridized carbons (Fsp3) is 0.136. The summed E-state index contributed by atoms with van der Waals surface area (Å²) in [6.07, 6.45) is -3.11. The van der Waals surface area contributed by atoms with Crippen LogP contribution in [0, 0.1) is 6.92 Å². The Morgan fingerprint density at radius 1 is 1.00 bits per heavy atom. The smallest absolute Gasteiger partial charge is 0.268 e. The molecule has 2 heterocycles. The zero-order valence-corrected chi connectivity index (χ0v) is 17.6. The summed E-state index contributed by atoms with van der Waals surface area (Å²) in [7, 11) is 1.27. The Morgan fingerprint density at radius 2 is 1.72 bits per heavy atom. The lowest BCUT2D eigenvalue weighted by molar-refractivity contribution is -0.137. The van der Waals surface area contributed by atoms with Crippen LogP contribution in [0.5, 0.6) is 0 Å². The van der Waals surface area contributed by atoms with Gasteiger partial charge in [0.1, 0.15) is 0 Å². The summed E-state index contributed by atoms with van der Waals surface area (Å²) in [6, 6.07) is 12.8. The molecule has 0 aliphatic carbocycles. The maximum atomic E-state index is 13.2.